The zero-order valence-corrected chi connectivity index (χ0v) is 11.7. The maximum Gasteiger partial charge on any atom is 0.255 e. The summed E-state index contributed by atoms with van der Waals surface area (Å²) in [6, 6.07) is 9.25. The standard InChI is InChI=1S/C14H11ClN2O5/c15-9-3-6-12(11(7-9)14(19)20)16-13(18)8-1-4-10(5-2-8)17(21)22/h1-7,21-22H,(H,16,18)(H,19,20)/p-1. The third-order valence-corrected chi connectivity index (χ3v) is 3.05. The first-order chi connectivity index (χ1) is 10.4. The highest BCUT2D eigenvalue weighted by molar-refractivity contribution is 6.31. The van der Waals surface area contributed by atoms with Crippen molar-refractivity contribution in [1.29, 1.82) is 0 Å². The van der Waals surface area contributed by atoms with Gasteiger partial charge in [0.1, 0.15) is 0 Å². The fourth-order valence-corrected chi connectivity index (χ4v) is 1.91. The molecule has 22 heavy (non-hydrogen) atoms. The summed E-state index contributed by atoms with van der Waals surface area (Å²) in [6.07, 6.45) is 0. The van der Waals surface area contributed by atoms with Gasteiger partial charge in [0.05, 0.1) is 17.3 Å². The Bertz CT molecular complexity index is 716. The van der Waals surface area contributed by atoms with E-state index in [-0.39, 0.29) is 32.8 Å². The van der Waals surface area contributed by atoms with Crippen molar-refractivity contribution < 1.29 is 25.1 Å². The maximum absolute atomic E-state index is 12.1. The Morgan fingerprint density at radius 2 is 1.73 bits per heavy atom. The Kier molecular flexibility index (Phi) is 4.62. The van der Waals surface area contributed by atoms with Crippen LogP contribution in [0.5, 0.6) is 0 Å². The Balaban J connectivity index is 2.23. The number of hydrogen-bond acceptors (Lipinski definition) is 6. The zero-order chi connectivity index (χ0) is 16.3. The molecule has 2 rings (SSSR count). The van der Waals surface area contributed by atoms with Crippen molar-refractivity contribution in [3.63, 3.8) is 0 Å². The van der Waals surface area contributed by atoms with E-state index in [2.05, 4.69) is 5.32 Å². The Morgan fingerprint density at radius 1 is 1.09 bits per heavy atom. The lowest BCUT2D eigenvalue weighted by atomic mass is 10.1. The molecular formula is C14H10ClN2O5-. The van der Waals surface area contributed by atoms with Crippen LogP contribution in [0, 0.1) is 0 Å². The van der Waals surface area contributed by atoms with E-state index in [0.29, 0.717) is 0 Å². The van der Waals surface area contributed by atoms with Gasteiger partial charge in [-0.3, -0.25) is 15.2 Å². The highest BCUT2D eigenvalue weighted by Crippen LogP contribution is 2.21. The maximum atomic E-state index is 12.1. The smallest absolute Gasteiger partial charge is 0.255 e. The molecule has 0 unspecified atom stereocenters. The molecule has 0 atom stereocenters. The van der Waals surface area contributed by atoms with E-state index in [1.54, 1.807) is 0 Å². The second-order valence-corrected chi connectivity index (χ2v) is 4.70. The molecule has 0 aliphatic rings. The van der Waals surface area contributed by atoms with Gasteiger partial charge in [-0.25, -0.2) is 0 Å². The van der Waals surface area contributed by atoms with Crippen molar-refractivity contribution in [2.75, 3.05) is 10.5 Å². The lowest BCUT2D eigenvalue weighted by Crippen LogP contribution is -2.25. The summed E-state index contributed by atoms with van der Waals surface area (Å²) in [5.74, 6) is -2.04. The van der Waals surface area contributed by atoms with Gasteiger partial charge in [-0.2, -0.15) is 0 Å². The van der Waals surface area contributed by atoms with E-state index in [0.717, 1.165) is 0 Å². The Hall–Kier alpha value is -2.61. The van der Waals surface area contributed by atoms with Crippen LogP contribution in [0.2, 0.25) is 5.02 Å². The summed E-state index contributed by atoms with van der Waals surface area (Å²) in [5, 5.41) is 31.2. The normalized spacial score (nSPS) is 10.1. The van der Waals surface area contributed by atoms with Gasteiger partial charge < -0.3 is 15.2 Å². The van der Waals surface area contributed by atoms with E-state index in [9.17, 15) is 14.7 Å². The number of nitrogens with zero attached hydrogens (tertiary/aromatic N) is 1. The van der Waals surface area contributed by atoms with Gasteiger partial charge in [0.15, 0.2) is 0 Å². The number of benzene rings is 2. The molecule has 2 aromatic carbocycles. The van der Waals surface area contributed by atoms with Gasteiger partial charge in [-0.05, 0) is 42.5 Å². The molecular weight excluding hydrogens is 312 g/mol. The first-order valence-electron chi connectivity index (χ1n) is 5.98. The minimum Gasteiger partial charge on any atom is -0.545 e. The molecule has 0 bridgehead atoms. The van der Waals surface area contributed by atoms with Crippen LogP contribution in [0.15, 0.2) is 42.5 Å². The summed E-state index contributed by atoms with van der Waals surface area (Å²) in [5.41, 5.74) is 0.0714. The number of carbonyl (C=O) groups excluding carboxylic acids is 2. The number of rotatable bonds is 4. The van der Waals surface area contributed by atoms with E-state index >= 15 is 0 Å². The van der Waals surface area contributed by atoms with Gasteiger partial charge in [0.2, 0.25) is 0 Å². The highest BCUT2D eigenvalue weighted by atomic mass is 35.5. The number of hydrogen-bond donors (Lipinski definition) is 3. The molecule has 0 heterocycles. The van der Waals surface area contributed by atoms with Crippen LogP contribution in [0.4, 0.5) is 11.4 Å². The minimum atomic E-state index is -1.47. The molecule has 114 valence electrons. The predicted molar refractivity (Wildman–Crippen MR) is 76.2 cm³/mol. The lowest BCUT2D eigenvalue weighted by molar-refractivity contribution is -0.254. The topological polar surface area (TPSA) is 113 Å². The van der Waals surface area contributed by atoms with E-state index < -0.39 is 11.9 Å². The fourth-order valence-electron chi connectivity index (χ4n) is 1.73. The monoisotopic (exact) mass is 321 g/mol. The first kappa shape index (κ1) is 15.8. The minimum absolute atomic E-state index is 0.0458. The highest BCUT2D eigenvalue weighted by Gasteiger charge is 2.11. The van der Waals surface area contributed by atoms with Crippen molar-refractivity contribution >= 4 is 34.9 Å². The van der Waals surface area contributed by atoms with Crippen molar-refractivity contribution in [1.82, 2.24) is 0 Å². The van der Waals surface area contributed by atoms with Crippen molar-refractivity contribution in [2.45, 2.75) is 0 Å². The lowest BCUT2D eigenvalue weighted by Gasteiger charge is -2.13. The van der Waals surface area contributed by atoms with Crippen LogP contribution < -0.4 is 15.6 Å². The molecule has 3 N–H and O–H groups in total. The van der Waals surface area contributed by atoms with Crippen LogP contribution in [0.1, 0.15) is 20.7 Å². The number of nitrogens with one attached hydrogen (secondary N) is 1. The number of carboxylic acid groups (broad SMARTS) is 1. The zero-order valence-electron chi connectivity index (χ0n) is 11.0. The van der Waals surface area contributed by atoms with Gasteiger partial charge >= 0.3 is 0 Å². The first-order valence-corrected chi connectivity index (χ1v) is 6.36. The largest absolute Gasteiger partial charge is 0.545 e. The second kappa shape index (κ2) is 6.44. The van der Waals surface area contributed by atoms with Crippen molar-refractivity contribution in [3.8, 4) is 0 Å². The molecule has 7 nitrogen and oxygen atoms in total. The molecule has 0 radical (unpaired) electrons. The van der Waals surface area contributed by atoms with Crippen LogP contribution >= 0.6 is 11.6 Å². The molecule has 0 saturated heterocycles. The summed E-state index contributed by atoms with van der Waals surface area (Å²) >= 11 is 5.71. The molecule has 0 spiro atoms. The number of aromatic carboxylic acids is 1. The van der Waals surface area contributed by atoms with E-state index in [1.807, 2.05) is 0 Å². The predicted octanol–water partition coefficient (Wildman–Crippen LogP) is 1.54. The van der Waals surface area contributed by atoms with E-state index in [1.165, 1.54) is 42.5 Å². The molecule has 2 aromatic rings. The quantitative estimate of drug-likeness (QED) is 0.736. The van der Waals surface area contributed by atoms with Crippen molar-refractivity contribution in [3.05, 3.63) is 58.6 Å². The number of halogens is 1. The third kappa shape index (κ3) is 3.53. The molecule has 0 aromatic heterocycles. The van der Waals surface area contributed by atoms with Gasteiger partial charge in [-0.15, -0.1) is 5.23 Å². The molecule has 0 aliphatic carbocycles. The van der Waals surface area contributed by atoms with Crippen LogP contribution in [0.3, 0.4) is 0 Å². The molecule has 8 heteroatoms. The summed E-state index contributed by atoms with van der Waals surface area (Å²) < 4.78 is 0. The van der Waals surface area contributed by atoms with Gasteiger partial charge in [0, 0.05) is 16.1 Å². The van der Waals surface area contributed by atoms with Gasteiger partial charge in [-0.1, -0.05) is 11.6 Å². The number of carbonyl (C=O) groups is 2. The molecule has 1 amide bonds. The average molecular weight is 322 g/mol. The van der Waals surface area contributed by atoms with Crippen molar-refractivity contribution in [2.24, 2.45) is 0 Å². The number of anilines is 2. The number of amides is 1. The SMILES string of the molecule is O=C(Nc1ccc(Cl)cc1C(=O)[O-])c1ccc(N(O)O)cc1. The molecule has 0 fully saturated rings. The Morgan fingerprint density at radius 3 is 2.27 bits per heavy atom. The van der Waals surface area contributed by atoms with Gasteiger partial charge in [0.25, 0.3) is 5.91 Å². The summed E-state index contributed by atoms with van der Waals surface area (Å²) in [6.45, 7) is 0. The molecule has 0 saturated carbocycles. The number of carboxylic acids is 1. The average Bonchev–Trinajstić information content (AvgIpc) is 2.48. The molecule has 0 aliphatic heterocycles. The van der Waals surface area contributed by atoms with E-state index in [4.69, 9.17) is 22.0 Å². The summed E-state index contributed by atoms with van der Waals surface area (Å²) in [4.78, 5) is 23.1. The van der Waals surface area contributed by atoms with Crippen LogP contribution in [-0.4, -0.2) is 22.3 Å². The van der Waals surface area contributed by atoms with Crippen LogP contribution in [-0.2, 0) is 0 Å². The third-order valence-electron chi connectivity index (χ3n) is 2.81. The Labute approximate surface area is 129 Å². The second-order valence-electron chi connectivity index (χ2n) is 4.27. The van der Waals surface area contributed by atoms with Crippen LogP contribution in [0.25, 0.3) is 0 Å². The fraction of sp³-hybridized carbons (Fsp3) is 0. The summed E-state index contributed by atoms with van der Waals surface area (Å²) in [7, 11) is 0.